The molecule has 2 aromatic rings. The van der Waals surface area contributed by atoms with Gasteiger partial charge in [-0.1, -0.05) is 36.4 Å². The van der Waals surface area contributed by atoms with E-state index in [-0.39, 0.29) is 24.8 Å². The van der Waals surface area contributed by atoms with Crippen molar-refractivity contribution in [3.63, 3.8) is 0 Å². The first-order chi connectivity index (χ1) is 12.8. The van der Waals surface area contributed by atoms with Gasteiger partial charge in [-0.2, -0.15) is 0 Å². The number of hydrogen-bond acceptors (Lipinski definition) is 4. The lowest BCUT2D eigenvalue weighted by Gasteiger charge is -2.37. The number of likely N-dealkylation sites (N-methyl/N-ethyl adjacent to an activating group) is 1. The second-order valence-corrected chi connectivity index (χ2v) is 7.77. The molecule has 1 saturated heterocycles. The van der Waals surface area contributed by atoms with Crippen LogP contribution in [0, 0.1) is 0 Å². The topological polar surface area (TPSA) is 24.9 Å². The zero-order valence-electron chi connectivity index (χ0n) is 16.2. The predicted molar refractivity (Wildman–Crippen MR) is 116 cm³/mol. The third-order valence-electron chi connectivity index (χ3n) is 6.26. The first-order valence-corrected chi connectivity index (χ1v) is 9.68. The largest absolute Gasteiger partial charge is 0.454 e. The summed E-state index contributed by atoms with van der Waals surface area (Å²) in [4.78, 5) is 5.14. The summed E-state index contributed by atoms with van der Waals surface area (Å²) in [7, 11) is 2.25. The molecule has 3 aliphatic rings. The van der Waals surface area contributed by atoms with Gasteiger partial charge in [0.2, 0.25) is 6.79 Å². The highest BCUT2D eigenvalue weighted by atomic mass is 35.5. The van der Waals surface area contributed by atoms with Crippen molar-refractivity contribution in [1.29, 1.82) is 0 Å². The summed E-state index contributed by atoms with van der Waals surface area (Å²) in [5.74, 6) is 2.57. The van der Waals surface area contributed by atoms with Crippen LogP contribution in [0.15, 0.2) is 42.5 Å². The second-order valence-electron chi connectivity index (χ2n) is 7.77. The molecule has 0 bridgehead atoms. The van der Waals surface area contributed by atoms with E-state index < -0.39 is 0 Å². The second kappa shape index (κ2) is 8.91. The lowest BCUT2D eigenvalue weighted by Crippen LogP contribution is -2.39. The molecule has 2 aromatic carbocycles. The van der Waals surface area contributed by atoms with Crippen molar-refractivity contribution in [3.05, 3.63) is 59.2 Å². The van der Waals surface area contributed by atoms with Gasteiger partial charge in [-0.3, -0.25) is 4.90 Å². The third kappa shape index (κ3) is 3.84. The molecule has 3 heterocycles. The zero-order valence-corrected chi connectivity index (χ0v) is 17.8. The van der Waals surface area contributed by atoms with Crippen molar-refractivity contribution in [1.82, 2.24) is 9.80 Å². The summed E-state index contributed by atoms with van der Waals surface area (Å²) >= 11 is 0. The van der Waals surface area contributed by atoms with Gasteiger partial charge in [0.1, 0.15) is 0 Å². The van der Waals surface area contributed by atoms with Gasteiger partial charge in [-0.05, 0) is 49.5 Å². The standard InChI is InChI=1S/C22H26N2O2.2ClH/c1-23-11-10-19-18(7-8-21-22(19)26-15-25-21)20(23)14-24-12-9-17(13-24)16-5-3-2-4-6-16;;/h2-8,17,20H,9-15H2,1H3;2*1H/t17-,20+;;/m1../s1. The van der Waals surface area contributed by atoms with Crippen molar-refractivity contribution >= 4 is 24.8 Å². The Kier molecular flexibility index (Phi) is 6.77. The number of nitrogens with zero attached hydrogens (tertiary/aromatic N) is 2. The average Bonchev–Trinajstić information content (AvgIpc) is 3.34. The zero-order chi connectivity index (χ0) is 17.5. The van der Waals surface area contributed by atoms with Crippen molar-refractivity contribution < 1.29 is 9.47 Å². The van der Waals surface area contributed by atoms with Gasteiger partial charge >= 0.3 is 0 Å². The highest BCUT2D eigenvalue weighted by Gasteiger charge is 2.33. The fourth-order valence-electron chi connectivity index (χ4n) is 4.77. The minimum absolute atomic E-state index is 0. The molecule has 2 atom stereocenters. The van der Waals surface area contributed by atoms with E-state index in [1.54, 1.807) is 0 Å². The first-order valence-electron chi connectivity index (χ1n) is 9.68. The molecule has 6 heteroatoms. The van der Waals surface area contributed by atoms with E-state index in [0.717, 1.165) is 37.6 Å². The highest BCUT2D eigenvalue weighted by molar-refractivity contribution is 5.85. The number of rotatable bonds is 3. The quantitative estimate of drug-likeness (QED) is 0.736. The van der Waals surface area contributed by atoms with Crippen molar-refractivity contribution in [2.75, 3.05) is 40.0 Å². The third-order valence-corrected chi connectivity index (χ3v) is 6.26. The number of likely N-dealkylation sites (tertiary alicyclic amines) is 1. The fraction of sp³-hybridized carbons (Fsp3) is 0.455. The summed E-state index contributed by atoms with van der Waals surface area (Å²) in [6, 6.07) is 15.8. The van der Waals surface area contributed by atoms with E-state index in [9.17, 15) is 0 Å². The Morgan fingerprint density at radius 3 is 2.64 bits per heavy atom. The molecule has 1 fully saturated rings. The number of fused-ring (bicyclic) bond motifs is 3. The monoisotopic (exact) mass is 422 g/mol. The molecule has 0 unspecified atom stereocenters. The van der Waals surface area contributed by atoms with Crippen molar-refractivity contribution in [2.45, 2.75) is 24.8 Å². The Labute approximate surface area is 179 Å². The predicted octanol–water partition coefficient (Wildman–Crippen LogP) is 4.28. The van der Waals surface area contributed by atoms with Crippen LogP contribution in [0.3, 0.4) is 0 Å². The summed E-state index contributed by atoms with van der Waals surface area (Å²) in [5.41, 5.74) is 4.27. The molecule has 28 heavy (non-hydrogen) atoms. The molecular weight excluding hydrogens is 395 g/mol. The maximum atomic E-state index is 5.77. The summed E-state index contributed by atoms with van der Waals surface area (Å²) in [5, 5.41) is 0. The SMILES string of the molecule is CN1CCc2c(ccc3c2OCO3)[C@@H]1CN1CC[C@@H](c2ccccc2)C1.Cl.Cl. The van der Waals surface area contributed by atoms with E-state index in [1.165, 1.54) is 29.7 Å². The van der Waals surface area contributed by atoms with Crippen LogP contribution in [0.1, 0.15) is 35.1 Å². The molecule has 0 aliphatic carbocycles. The van der Waals surface area contributed by atoms with E-state index in [2.05, 4.69) is 59.3 Å². The molecular formula is C22H28Cl2N2O2. The maximum Gasteiger partial charge on any atom is 0.231 e. The number of halogens is 2. The molecule has 0 aromatic heterocycles. The summed E-state index contributed by atoms with van der Waals surface area (Å²) in [6.07, 6.45) is 2.30. The normalized spacial score (nSPS) is 23.6. The first kappa shape index (κ1) is 21.3. The van der Waals surface area contributed by atoms with Crippen molar-refractivity contribution in [2.24, 2.45) is 0 Å². The smallest absolute Gasteiger partial charge is 0.231 e. The molecule has 3 aliphatic heterocycles. The van der Waals surface area contributed by atoms with Gasteiger partial charge in [0.15, 0.2) is 11.5 Å². The van der Waals surface area contributed by atoms with Gasteiger partial charge in [-0.15, -0.1) is 24.8 Å². The summed E-state index contributed by atoms with van der Waals surface area (Å²) < 4.78 is 11.3. The van der Waals surface area contributed by atoms with Gasteiger partial charge in [-0.25, -0.2) is 0 Å². The van der Waals surface area contributed by atoms with Crippen LogP contribution < -0.4 is 9.47 Å². The van der Waals surface area contributed by atoms with Gasteiger partial charge in [0.25, 0.3) is 0 Å². The van der Waals surface area contributed by atoms with Crippen LogP contribution in [-0.4, -0.2) is 49.8 Å². The van der Waals surface area contributed by atoms with E-state index in [0.29, 0.717) is 18.8 Å². The Balaban J connectivity index is 0.00000112. The maximum absolute atomic E-state index is 5.77. The average molecular weight is 423 g/mol. The highest BCUT2D eigenvalue weighted by Crippen LogP contribution is 2.43. The molecule has 0 spiro atoms. The Morgan fingerprint density at radius 1 is 1.00 bits per heavy atom. The molecule has 0 N–H and O–H groups in total. The van der Waals surface area contributed by atoms with Gasteiger partial charge in [0, 0.05) is 31.2 Å². The number of hydrogen-bond donors (Lipinski definition) is 0. The van der Waals surface area contributed by atoms with Crippen LogP contribution in [0.5, 0.6) is 11.5 Å². The Morgan fingerprint density at radius 2 is 1.82 bits per heavy atom. The number of ether oxygens (including phenoxy) is 2. The molecule has 0 radical (unpaired) electrons. The van der Waals surface area contributed by atoms with Crippen molar-refractivity contribution in [3.8, 4) is 11.5 Å². The van der Waals surface area contributed by atoms with Crippen LogP contribution >= 0.6 is 24.8 Å². The number of benzene rings is 2. The minimum Gasteiger partial charge on any atom is -0.454 e. The van der Waals surface area contributed by atoms with Gasteiger partial charge in [0.05, 0.1) is 0 Å². The lowest BCUT2D eigenvalue weighted by molar-refractivity contribution is 0.163. The Hall–Kier alpha value is -1.46. The molecule has 4 nitrogen and oxygen atoms in total. The molecule has 0 saturated carbocycles. The summed E-state index contributed by atoms with van der Waals surface area (Å²) in [6.45, 7) is 4.87. The van der Waals surface area contributed by atoms with E-state index in [1.807, 2.05) is 0 Å². The van der Waals surface area contributed by atoms with Crippen LogP contribution in [0.4, 0.5) is 0 Å². The van der Waals surface area contributed by atoms with E-state index in [4.69, 9.17) is 9.47 Å². The minimum atomic E-state index is 0. The molecule has 0 amide bonds. The fourth-order valence-corrected chi connectivity index (χ4v) is 4.77. The molecule has 5 rings (SSSR count). The van der Waals surface area contributed by atoms with E-state index >= 15 is 0 Å². The van der Waals surface area contributed by atoms with Gasteiger partial charge < -0.3 is 14.4 Å². The molecule has 152 valence electrons. The lowest BCUT2D eigenvalue weighted by atomic mass is 9.91. The van der Waals surface area contributed by atoms with Crippen LogP contribution in [-0.2, 0) is 6.42 Å². The Bertz CT molecular complexity index is 803. The van der Waals surface area contributed by atoms with Crippen LogP contribution in [0.2, 0.25) is 0 Å². The van der Waals surface area contributed by atoms with Crippen LogP contribution in [0.25, 0.3) is 0 Å².